The fraction of sp³-hybridized carbons (Fsp3) is 0. The highest BCUT2D eigenvalue weighted by atomic mass is 131. The molecular formula is C17H11IN2. The molecule has 0 spiro atoms. The summed E-state index contributed by atoms with van der Waals surface area (Å²) in [5.74, 6) is 0.956. The molecule has 0 bridgehead atoms. The van der Waals surface area contributed by atoms with Gasteiger partial charge in [-0.05, 0) is 45.5 Å². The van der Waals surface area contributed by atoms with Crippen molar-refractivity contribution in [2.24, 2.45) is 0 Å². The second-order valence-electron chi connectivity index (χ2n) is 4.80. The Balaban J connectivity index is 1.95. The number of halogens is 1. The summed E-state index contributed by atoms with van der Waals surface area (Å²) in [5, 5.41) is 4.89. The number of nitrogens with zero attached hydrogens (tertiary/aromatic N) is 2. The van der Waals surface area contributed by atoms with E-state index in [1.165, 1.54) is 25.1 Å². The monoisotopic (exact) mass is 374 g/mol. The number of hydrogen-bond donors (Lipinski definition) is 0. The molecule has 4 aromatic rings. The SMILES string of the molecule is [131I]c1cccc2cnc(-n3cc4ccccc4c3)cc12. The molecule has 0 aliphatic carbocycles. The first-order chi connectivity index (χ1) is 9.81. The highest BCUT2D eigenvalue weighted by Crippen LogP contribution is 2.23. The van der Waals surface area contributed by atoms with Gasteiger partial charge in [0.1, 0.15) is 5.82 Å². The number of pyridine rings is 1. The van der Waals surface area contributed by atoms with E-state index in [0.717, 1.165) is 5.82 Å². The van der Waals surface area contributed by atoms with Crippen LogP contribution < -0.4 is 0 Å². The maximum atomic E-state index is 4.57. The quantitative estimate of drug-likeness (QED) is 0.439. The molecule has 0 radical (unpaired) electrons. The van der Waals surface area contributed by atoms with Crippen LogP contribution in [0.25, 0.3) is 27.4 Å². The molecule has 0 aliphatic heterocycles. The number of benzene rings is 2. The van der Waals surface area contributed by atoms with Crippen molar-refractivity contribution >= 4 is 44.1 Å². The molecule has 0 saturated heterocycles. The lowest BCUT2D eigenvalue weighted by Gasteiger charge is -2.05. The van der Waals surface area contributed by atoms with Crippen LogP contribution in [-0.4, -0.2) is 9.55 Å². The molecule has 0 saturated carbocycles. The van der Waals surface area contributed by atoms with Gasteiger partial charge in [-0.2, -0.15) is 0 Å². The Morgan fingerprint density at radius 2 is 1.55 bits per heavy atom. The van der Waals surface area contributed by atoms with Crippen LogP contribution in [0.5, 0.6) is 0 Å². The average Bonchev–Trinajstić information content (AvgIpc) is 2.91. The Kier molecular flexibility index (Phi) is 2.73. The first-order valence-electron chi connectivity index (χ1n) is 6.43. The van der Waals surface area contributed by atoms with Crippen molar-refractivity contribution in [3.63, 3.8) is 0 Å². The summed E-state index contributed by atoms with van der Waals surface area (Å²) in [4.78, 5) is 4.57. The van der Waals surface area contributed by atoms with Crippen molar-refractivity contribution < 1.29 is 0 Å². The van der Waals surface area contributed by atoms with Crippen molar-refractivity contribution in [1.29, 1.82) is 0 Å². The van der Waals surface area contributed by atoms with Gasteiger partial charge in [0.2, 0.25) is 0 Å². The molecule has 2 aromatic heterocycles. The van der Waals surface area contributed by atoms with Crippen molar-refractivity contribution in [2.45, 2.75) is 0 Å². The highest BCUT2D eigenvalue weighted by Gasteiger charge is 2.04. The zero-order valence-corrected chi connectivity index (χ0v) is 12.8. The summed E-state index contributed by atoms with van der Waals surface area (Å²) >= 11 is 2.37. The van der Waals surface area contributed by atoms with Crippen LogP contribution in [0, 0.1) is 3.57 Å². The minimum atomic E-state index is 0.956. The van der Waals surface area contributed by atoms with E-state index in [-0.39, 0.29) is 0 Å². The lowest BCUT2D eigenvalue weighted by molar-refractivity contribution is 1.02. The average molecular weight is 374 g/mol. The van der Waals surface area contributed by atoms with Gasteiger partial charge in [-0.15, -0.1) is 0 Å². The van der Waals surface area contributed by atoms with Crippen molar-refractivity contribution in [1.82, 2.24) is 9.55 Å². The molecule has 0 unspecified atom stereocenters. The summed E-state index contributed by atoms with van der Waals surface area (Å²) in [6.07, 6.45) is 6.19. The molecule has 4 rings (SSSR count). The Hall–Kier alpha value is -1.88. The highest BCUT2D eigenvalue weighted by molar-refractivity contribution is 14.1. The van der Waals surface area contributed by atoms with Gasteiger partial charge >= 0.3 is 0 Å². The van der Waals surface area contributed by atoms with Gasteiger partial charge in [-0.3, -0.25) is 0 Å². The Bertz CT molecular complexity index is 891. The normalized spacial score (nSPS) is 11.2. The van der Waals surface area contributed by atoms with Crippen LogP contribution in [0.4, 0.5) is 0 Å². The van der Waals surface area contributed by atoms with Crippen LogP contribution in [0.1, 0.15) is 0 Å². The molecule has 0 N–H and O–H groups in total. The van der Waals surface area contributed by atoms with Crippen LogP contribution in [0.3, 0.4) is 0 Å². The molecule has 20 heavy (non-hydrogen) atoms. The third-order valence-corrected chi connectivity index (χ3v) is 4.45. The van der Waals surface area contributed by atoms with Gasteiger partial charge < -0.3 is 4.57 Å². The number of rotatable bonds is 1. The van der Waals surface area contributed by atoms with Gasteiger partial charge in [-0.1, -0.05) is 36.4 Å². The minimum Gasteiger partial charge on any atom is -0.307 e. The predicted molar refractivity (Wildman–Crippen MR) is 91.3 cm³/mol. The zero-order valence-electron chi connectivity index (χ0n) is 10.6. The van der Waals surface area contributed by atoms with Gasteiger partial charge in [0, 0.05) is 32.9 Å². The second-order valence-corrected chi connectivity index (χ2v) is 5.96. The van der Waals surface area contributed by atoms with Crippen LogP contribution in [0.15, 0.2) is 67.1 Å². The van der Waals surface area contributed by atoms with E-state index in [9.17, 15) is 0 Å². The number of aromatic nitrogens is 2. The Morgan fingerprint density at radius 3 is 2.30 bits per heavy atom. The van der Waals surface area contributed by atoms with Gasteiger partial charge in [0.25, 0.3) is 0 Å². The molecule has 2 aromatic carbocycles. The zero-order chi connectivity index (χ0) is 13.5. The van der Waals surface area contributed by atoms with Crippen LogP contribution in [0.2, 0.25) is 0 Å². The maximum absolute atomic E-state index is 4.57. The molecule has 3 heteroatoms. The summed E-state index contributed by atoms with van der Waals surface area (Å²) in [5.41, 5.74) is 0. The van der Waals surface area contributed by atoms with Crippen molar-refractivity contribution in [3.05, 3.63) is 70.7 Å². The number of fused-ring (bicyclic) bond motifs is 2. The van der Waals surface area contributed by atoms with Gasteiger partial charge in [0.15, 0.2) is 0 Å². The first-order valence-corrected chi connectivity index (χ1v) is 7.50. The van der Waals surface area contributed by atoms with Crippen molar-refractivity contribution in [3.8, 4) is 5.82 Å². The standard InChI is InChI=1S/C17H11IN2/c18-16-7-3-6-12-9-19-17(8-15(12)16)20-10-13-4-1-2-5-14(13)11-20/h1-11H/i18+4. The molecule has 96 valence electrons. The third-order valence-electron chi connectivity index (χ3n) is 3.51. The summed E-state index contributed by atoms with van der Waals surface area (Å²) in [6.45, 7) is 0. The molecule has 0 atom stereocenters. The third kappa shape index (κ3) is 1.89. The van der Waals surface area contributed by atoms with E-state index in [1.54, 1.807) is 0 Å². The first kappa shape index (κ1) is 11.9. The maximum Gasteiger partial charge on any atom is 0.137 e. The van der Waals surface area contributed by atoms with E-state index in [0.29, 0.717) is 0 Å². The molecule has 0 fully saturated rings. The summed E-state index contributed by atoms with van der Waals surface area (Å²) < 4.78 is 3.34. The second kappa shape index (κ2) is 4.59. The van der Waals surface area contributed by atoms with E-state index in [1.807, 2.05) is 6.20 Å². The fourth-order valence-corrected chi connectivity index (χ4v) is 3.15. The predicted octanol–water partition coefficient (Wildman–Crippen LogP) is 4.78. The lowest BCUT2D eigenvalue weighted by atomic mass is 10.2. The van der Waals surface area contributed by atoms with Gasteiger partial charge in [0.05, 0.1) is 0 Å². The molecular weight excluding hydrogens is 363 g/mol. The Labute approximate surface area is 130 Å². The van der Waals surface area contributed by atoms with Crippen LogP contribution >= 0.6 is 22.6 Å². The largest absolute Gasteiger partial charge is 0.307 e. The van der Waals surface area contributed by atoms with Crippen molar-refractivity contribution in [2.75, 3.05) is 0 Å². The van der Waals surface area contributed by atoms with E-state index in [2.05, 4.69) is 93.1 Å². The molecule has 0 aliphatic rings. The van der Waals surface area contributed by atoms with Gasteiger partial charge in [-0.25, -0.2) is 4.98 Å². The summed E-state index contributed by atoms with van der Waals surface area (Å²) in [6, 6.07) is 16.8. The molecule has 2 nitrogen and oxygen atoms in total. The molecule has 0 amide bonds. The topological polar surface area (TPSA) is 17.8 Å². The number of hydrogen-bond acceptors (Lipinski definition) is 1. The summed E-state index contributed by atoms with van der Waals surface area (Å²) in [7, 11) is 0. The smallest absolute Gasteiger partial charge is 0.137 e. The fourth-order valence-electron chi connectivity index (χ4n) is 2.48. The lowest BCUT2D eigenvalue weighted by Crippen LogP contribution is -1.94. The van der Waals surface area contributed by atoms with E-state index >= 15 is 0 Å². The Morgan fingerprint density at radius 1 is 0.850 bits per heavy atom. The molecule has 2 heterocycles. The minimum absolute atomic E-state index is 0.956. The van der Waals surface area contributed by atoms with Crippen LogP contribution in [-0.2, 0) is 0 Å². The van der Waals surface area contributed by atoms with E-state index in [4.69, 9.17) is 0 Å². The van der Waals surface area contributed by atoms with E-state index < -0.39 is 0 Å².